The molecule has 0 aliphatic rings. The summed E-state index contributed by atoms with van der Waals surface area (Å²) in [6, 6.07) is 0. The van der Waals surface area contributed by atoms with Crippen LogP contribution < -0.4 is 5.32 Å². The van der Waals surface area contributed by atoms with Gasteiger partial charge in [0.15, 0.2) is 5.82 Å². The molecule has 0 bridgehead atoms. The van der Waals surface area contributed by atoms with Gasteiger partial charge in [0.25, 0.3) is 0 Å². The van der Waals surface area contributed by atoms with Crippen molar-refractivity contribution in [1.29, 1.82) is 0 Å². The predicted molar refractivity (Wildman–Crippen MR) is 60.9 cm³/mol. The summed E-state index contributed by atoms with van der Waals surface area (Å²) in [6.45, 7) is 11.0. The maximum absolute atomic E-state index is 5.27. The van der Waals surface area contributed by atoms with Crippen molar-refractivity contribution in [2.75, 3.05) is 13.2 Å². The Morgan fingerprint density at radius 1 is 1.38 bits per heavy atom. The molecular weight excluding hydrogens is 206 g/mol. The van der Waals surface area contributed by atoms with E-state index < -0.39 is 0 Å². The van der Waals surface area contributed by atoms with Crippen LogP contribution >= 0.6 is 0 Å². The lowest BCUT2D eigenvalue weighted by Crippen LogP contribution is -2.36. The van der Waals surface area contributed by atoms with Crippen LogP contribution in [0.1, 0.15) is 33.5 Å². The highest BCUT2D eigenvalue weighted by molar-refractivity contribution is 4.83. The molecule has 0 atom stereocenters. The van der Waals surface area contributed by atoms with E-state index in [1.54, 1.807) is 4.68 Å². The van der Waals surface area contributed by atoms with Gasteiger partial charge in [0, 0.05) is 12.1 Å². The van der Waals surface area contributed by atoms with Crippen LogP contribution in [0.25, 0.3) is 0 Å². The molecule has 16 heavy (non-hydrogen) atoms. The van der Waals surface area contributed by atoms with Crippen molar-refractivity contribution < 1.29 is 4.74 Å². The molecule has 1 N–H and O–H groups in total. The zero-order valence-electron chi connectivity index (χ0n) is 10.5. The van der Waals surface area contributed by atoms with Crippen LogP contribution in [-0.2, 0) is 17.8 Å². The van der Waals surface area contributed by atoms with Gasteiger partial charge in [0.05, 0.1) is 19.7 Å². The van der Waals surface area contributed by atoms with Crippen molar-refractivity contribution in [2.45, 2.75) is 46.3 Å². The maximum Gasteiger partial charge on any atom is 0.165 e. The molecule has 6 heteroatoms. The van der Waals surface area contributed by atoms with Crippen molar-refractivity contribution in [3.05, 3.63) is 5.82 Å². The van der Waals surface area contributed by atoms with Crippen molar-refractivity contribution in [3.63, 3.8) is 0 Å². The Kier molecular flexibility index (Phi) is 4.82. The SMILES string of the molecule is CCOCCn1nnnc1CNC(C)(C)C. The minimum Gasteiger partial charge on any atom is -0.380 e. The number of rotatable bonds is 6. The Balaban J connectivity index is 2.44. The summed E-state index contributed by atoms with van der Waals surface area (Å²) in [5.41, 5.74) is 0.0662. The summed E-state index contributed by atoms with van der Waals surface area (Å²) in [5.74, 6) is 0.842. The fourth-order valence-corrected chi connectivity index (χ4v) is 1.16. The highest BCUT2D eigenvalue weighted by Crippen LogP contribution is 2.01. The number of nitrogens with one attached hydrogen (secondary N) is 1. The molecular formula is C10H21N5O. The van der Waals surface area contributed by atoms with Gasteiger partial charge in [0.1, 0.15) is 0 Å². The molecule has 0 saturated heterocycles. The molecule has 0 amide bonds. The summed E-state index contributed by atoms with van der Waals surface area (Å²) < 4.78 is 7.04. The summed E-state index contributed by atoms with van der Waals surface area (Å²) >= 11 is 0. The quantitative estimate of drug-likeness (QED) is 0.721. The fraction of sp³-hybridized carbons (Fsp3) is 0.900. The van der Waals surface area contributed by atoms with Crippen molar-refractivity contribution in [3.8, 4) is 0 Å². The van der Waals surface area contributed by atoms with Crippen LogP contribution in [-0.4, -0.2) is 39.0 Å². The summed E-state index contributed by atoms with van der Waals surface area (Å²) in [5, 5.41) is 14.9. The Morgan fingerprint density at radius 2 is 2.12 bits per heavy atom. The van der Waals surface area contributed by atoms with Gasteiger partial charge >= 0.3 is 0 Å². The number of hydrogen-bond donors (Lipinski definition) is 1. The monoisotopic (exact) mass is 227 g/mol. The molecule has 0 fully saturated rings. The molecule has 0 spiro atoms. The standard InChI is InChI=1S/C10H21N5O/c1-5-16-7-6-15-9(12-13-14-15)8-11-10(2,3)4/h11H,5-8H2,1-4H3. The molecule has 92 valence electrons. The first-order valence-corrected chi connectivity index (χ1v) is 5.61. The lowest BCUT2D eigenvalue weighted by Gasteiger charge is -2.19. The molecule has 1 heterocycles. The molecule has 0 unspecified atom stereocenters. The molecule has 0 aliphatic heterocycles. The highest BCUT2D eigenvalue weighted by atomic mass is 16.5. The maximum atomic E-state index is 5.27. The largest absolute Gasteiger partial charge is 0.380 e. The minimum atomic E-state index is 0.0662. The van der Waals surface area contributed by atoms with Gasteiger partial charge < -0.3 is 10.1 Å². The molecule has 1 aromatic heterocycles. The van der Waals surface area contributed by atoms with Crippen molar-refractivity contribution in [1.82, 2.24) is 25.5 Å². The Labute approximate surface area is 96.4 Å². The fourth-order valence-electron chi connectivity index (χ4n) is 1.16. The Bertz CT molecular complexity index is 304. The van der Waals surface area contributed by atoms with Crippen molar-refractivity contribution in [2.24, 2.45) is 0 Å². The minimum absolute atomic E-state index is 0.0662. The van der Waals surface area contributed by atoms with Gasteiger partial charge in [-0.2, -0.15) is 0 Å². The number of nitrogens with zero attached hydrogens (tertiary/aromatic N) is 4. The summed E-state index contributed by atoms with van der Waals surface area (Å²) in [4.78, 5) is 0. The highest BCUT2D eigenvalue weighted by Gasteiger charge is 2.12. The normalized spacial score (nSPS) is 12.0. The molecule has 0 aromatic carbocycles. The van der Waals surface area contributed by atoms with E-state index >= 15 is 0 Å². The van der Waals surface area contributed by atoms with E-state index in [2.05, 4.69) is 41.6 Å². The topological polar surface area (TPSA) is 64.9 Å². The van der Waals surface area contributed by atoms with E-state index in [-0.39, 0.29) is 5.54 Å². The van der Waals surface area contributed by atoms with Crippen LogP contribution in [0.4, 0.5) is 0 Å². The van der Waals surface area contributed by atoms with Gasteiger partial charge in [0.2, 0.25) is 0 Å². The summed E-state index contributed by atoms with van der Waals surface area (Å²) in [6.07, 6.45) is 0. The average Bonchev–Trinajstić information content (AvgIpc) is 2.62. The van der Waals surface area contributed by atoms with E-state index in [0.29, 0.717) is 19.7 Å². The lowest BCUT2D eigenvalue weighted by atomic mass is 10.1. The van der Waals surface area contributed by atoms with Crippen LogP contribution in [0.3, 0.4) is 0 Å². The average molecular weight is 227 g/mol. The molecule has 1 rings (SSSR count). The Morgan fingerprint density at radius 3 is 2.75 bits per heavy atom. The first kappa shape index (κ1) is 13.1. The van der Waals surface area contributed by atoms with Gasteiger partial charge in [-0.25, -0.2) is 4.68 Å². The zero-order chi connectivity index (χ0) is 12.0. The number of ether oxygens (including phenoxy) is 1. The number of aromatic nitrogens is 4. The van der Waals surface area contributed by atoms with Crippen molar-refractivity contribution >= 4 is 0 Å². The lowest BCUT2D eigenvalue weighted by molar-refractivity contribution is 0.135. The Hall–Kier alpha value is -1.01. The number of tetrazole rings is 1. The molecule has 0 radical (unpaired) electrons. The second-order valence-electron chi connectivity index (χ2n) is 4.62. The molecule has 1 aromatic rings. The first-order chi connectivity index (χ1) is 7.53. The van der Waals surface area contributed by atoms with E-state index in [4.69, 9.17) is 4.74 Å². The second kappa shape index (κ2) is 5.91. The van der Waals surface area contributed by atoms with Gasteiger partial charge in [-0.15, -0.1) is 5.10 Å². The smallest absolute Gasteiger partial charge is 0.165 e. The number of hydrogen-bond acceptors (Lipinski definition) is 5. The first-order valence-electron chi connectivity index (χ1n) is 5.61. The van der Waals surface area contributed by atoms with Gasteiger partial charge in [-0.1, -0.05) is 0 Å². The van der Waals surface area contributed by atoms with Crippen LogP contribution in [0.2, 0.25) is 0 Å². The van der Waals surface area contributed by atoms with Crippen LogP contribution in [0.15, 0.2) is 0 Å². The molecule has 0 aliphatic carbocycles. The predicted octanol–water partition coefficient (Wildman–Crippen LogP) is 0.598. The van der Waals surface area contributed by atoms with Gasteiger partial charge in [-0.3, -0.25) is 0 Å². The van der Waals surface area contributed by atoms with Crippen LogP contribution in [0, 0.1) is 0 Å². The molecule has 0 saturated carbocycles. The summed E-state index contributed by atoms with van der Waals surface area (Å²) in [7, 11) is 0. The van der Waals surface area contributed by atoms with E-state index in [0.717, 1.165) is 12.4 Å². The second-order valence-corrected chi connectivity index (χ2v) is 4.62. The third-order valence-corrected chi connectivity index (χ3v) is 2.03. The van der Waals surface area contributed by atoms with E-state index in [1.165, 1.54) is 0 Å². The zero-order valence-corrected chi connectivity index (χ0v) is 10.5. The van der Waals surface area contributed by atoms with Crippen LogP contribution in [0.5, 0.6) is 0 Å². The van der Waals surface area contributed by atoms with Gasteiger partial charge in [-0.05, 0) is 38.1 Å². The molecule has 6 nitrogen and oxygen atoms in total. The van der Waals surface area contributed by atoms with E-state index in [1.807, 2.05) is 6.92 Å². The van der Waals surface area contributed by atoms with E-state index in [9.17, 15) is 0 Å². The third-order valence-electron chi connectivity index (χ3n) is 2.03. The third kappa shape index (κ3) is 4.67.